The van der Waals surface area contributed by atoms with Gasteiger partial charge in [-0.05, 0) is 44.6 Å². The van der Waals surface area contributed by atoms with Gasteiger partial charge in [0.2, 0.25) is 0 Å². The number of hydrogen-bond donors (Lipinski definition) is 0. The highest BCUT2D eigenvalue weighted by molar-refractivity contribution is 5.96. The van der Waals surface area contributed by atoms with Gasteiger partial charge in [-0.15, -0.1) is 0 Å². The van der Waals surface area contributed by atoms with Gasteiger partial charge < -0.3 is 0 Å². The fourth-order valence-electron chi connectivity index (χ4n) is 2.65. The SMILES string of the molecule is C=C(C)C1CC(=O)C(C)=C(C)C1CCCC. The third kappa shape index (κ3) is 2.63. The second-order valence-electron chi connectivity index (χ2n) is 5.14. The molecule has 0 bridgehead atoms. The van der Waals surface area contributed by atoms with Crippen molar-refractivity contribution in [2.45, 2.75) is 53.4 Å². The zero-order valence-corrected chi connectivity index (χ0v) is 11.1. The predicted molar refractivity (Wildman–Crippen MR) is 69.3 cm³/mol. The number of hydrogen-bond acceptors (Lipinski definition) is 1. The van der Waals surface area contributed by atoms with E-state index in [1.54, 1.807) is 0 Å². The molecule has 0 aliphatic heterocycles. The van der Waals surface area contributed by atoms with E-state index in [2.05, 4.69) is 27.4 Å². The van der Waals surface area contributed by atoms with Crippen LogP contribution >= 0.6 is 0 Å². The van der Waals surface area contributed by atoms with Crippen molar-refractivity contribution in [2.75, 3.05) is 0 Å². The highest BCUT2D eigenvalue weighted by Gasteiger charge is 2.32. The summed E-state index contributed by atoms with van der Waals surface area (Å²) in [5, 5.41) is 0. The van der Waals surface area contributed by atoms with Gasteiger partial charge in [0.25, 0.3) is 0 Å². The molecule has 0 aromatic rings. The molecule has 1 nitrogen and oxygen atoms in total. The lowest BCUT2D eigenvalue weighted by atomic mass is 9.71. The standard InChI is InChI=1S/C15H24O/c1-6-7-8-13-11(4)12(5)15(16)9-14(13)10(2)3/h13-14H,2,6-9H2,1,3-5H3. The molecule has 0 spiro atoms. The van der Waals surface area contributed by atoms with E-state index in [1.165, 1.54) is 30.4 Å². The lowest BCUT2D eigenvalue weighted by Crippen LogP contribution is -2.27. The minimum absolute atomic E-state index is 0.318. The Hall–Kier alpha value is -0.850. The van der Waals surface area contributed by atoms with Crippen LogP contribution < -0.4 is 0 Å². The number of carbonyl (C=O) groups excluding carboxylic acids is 1. The second-order valence-corrected chi connectivity index (χ2v) is 5.14. The maximum absolute atomic E-state index is 11.8. The zero-order valence-electron chi connectivity index (χ0n) is 11.1. The fourth-order valence-corrected chi connectivity index (χ4v) is 2.65. The van der Waals surface area contributed by atoms with Gasteiger partial charge in [0.05, 0.1) is 0 Å². The summed E-state index contributed by atoms with van der Waals surface area (Å²) in [6, 6.07) is 0. The van der Waals surface area contributed by atoms with Crippen LogP contribution in [0.3, 0.4) is 0 Å². The molecule has 16 heavy (non-hydrogen) atoms. The molecule has 0 N–H and O–H groups in total. The average Bonchev–Trinajstić information content (AvgIpc) is 2.24. The Kier molecular flexibility index (Phi) is 4.52. The van der Waals surface area contributed by atoms with Gasteiger partial charge in [0, 0.05) is 6.42 Å². The van der Waals surface area contributed by atoms with Gasteiger partial charge in [-0.1, -0.05) is 37.5 Å². The first-order valence-corrected chi connectivity index (χ1v) is 6.35. The lowest BCUT2D eigenvalue weighted by Gasteiger charge is -2.33. The molecule has 0 saturated carbocycles. The summed E-state index contributed by atoms with van der Waals surface area (Å²) >= 11 is 0. The third-order valence-electron chi connectivity index (χ3n) is 3.96. The van der Waals surface area contributed by atoms with E-state index < -0.39 is 0 Å². The van der Waals surface area contributed by atoms with Crippen molar-refractivity contribution in [3.05, 3.63) is 23.3 Å². The minimum atomic E-state index is 0.318. The summed E-state index contributed by atoms with van der Waals surface area (Å²) in [5.41, 5.74) is 3.47. The highest BCUT2D eigenvalue weighted by atomic mass is 16.1. The molecule has 90 valence electrons. The first-order valence-electron chi connectivity index (χ1n) is 6.35. The van der Waals surface area contributed by atoms with E-state index in [9.17, 15) is 4.79 Å². The normalized spacial score (nSPS) is 26.1. The van der Waals surface area contributed by atoms with E-state index in [0.29, 0.717) is 24.0 Å². The Balaban J connectivity index is 2.95. The van der Waals surface area contributed by atoms with Crippen LogP contribution in [0.1, 0.15) is 53.4 Å². The molecule has 0 radical (unpaired) electrons. The van der Waals surface area contributed by atoms with Crippen molar-refractivity contribution in [1.82, 2.24) is 0 Å². The summed E-state index contributed by atoms with van der Waals surface area (Å²) in [5.74, 6) is 1.25. The highest BCUT2D eigenvalue weighted by Crippen LogP contribution is 2.39. The summed E-state index contributed by atoms with van der Waals surface area (Å²) in [6.07, 6.45) is 4.34. The van der Waals surface area contributed by atoms with Crippen molar-refractivity contribution in [2.24, 2.45) is 11.8 Å². The van der Waals surface area contributed by atoms with Gasteiger partial charge in [-0.2, -0.15) is 0 Å². The molecule has 2 atom stereocenters. The van der Waals surface area contributed by atoms with Crippen molar-refractivity contribution >= 4 is 5.78 Å². The van der Waals surface area contributed by atoms with E-state index in [1.807, 2.05) is 6.92 Å². The molecule has 0 saturated heterocycles. The van der Waals surface area contributed by atoms with Crippen LogP contribution in [0, 0.1) is 11.8 Å². The molecular weight excluding hydrogens is 196 g/mol. The van der Waals surface area contributed by atoms with Crippen LogP contribution in [-0.2, 0) is 4.79 Å². The maximum atomic E-state index is 11.8. The molecule has 0 amide bonds. The molecular formula is C15H24O. The van der Waals surface area contributed by atoms with Crippen LogP contribution in [-0.4, -0.2) is 5.78 Å². The average molecular weight is 220 g/mol. The summed E-state index contributed by atoms with van der Waals surface area (Å²) in [7, 11) is 0. The molecule has 0 aromatic carbocycles. The number of unbranched alkanes of at least 4 members (excludes halogenated alkanes) is 1. The Morgan fingerprint density at radius 2 is 2.06 bits per heavy atom. The molecule has 1 heteroatoms. The Labute approximate surface area is 99.6 Å². The molecule has 1 aliphatic rings. The van der Waals surface area contributed by atoms with E-state index in [0.717, 1.165) is 5.57 Å². The van der Waals surface area contributed by atoms with E-state index >= 15 is 0 Å². The van der Waals surface area contributed by atoms with Crippen LogP contribution in [0.15, 0.2) is 23.3 Å². The summed E-state index contributed by atoms with van der Waals surface area (Å²) < 4.78 is 0. The minimum Gasteiger partial charge on any atom is -0.295 e. The smallest absolute Gasteiger partial charge is 0.159 e. The number of ketones is 1. The largest absolute Gasteiger partial charge is 0.295 e. The second kappa shape index (κ2) is 5.47. The number of Topliss-reactive ketones (excluding diaryl/α,β-unsaturated/α-hetero) is 1. The first kappa shape index (κ1) is 13.2. The molecule has 2 unspecified atom stereocenters. The molecule has 1 aliphatic carbocycles. The van der Waals surface area contributed by atoms with Crippen LogP contribution in [0.5, 0.6) is 0 Å². The van der Waals surface area contributed by atoms with Crippen molar-refractivity contribution in [1.29, 1.82) is 0 Å². The lowest BCUT2D eigenvalue weighted by molar-refractivity contribution is -0.117. The van der Waals surface area contributed by atoms with E-state index in [4.69, 9.17) is 0 Å². The number of rotatable bonds is 4. The van der Waals surface area contributed by atoms with Crippen molar-refractivity contribution < 1.29 is 4.79 Å². The predicted octanol–water partition coefficient (Wildman–Crippen LogP) is 4.29. The molecule has 1 rings (SSSR count). The summed E-state index contributed by atoms with van der Waals surface area (Å²) in [6.45, 7) is 12.4. The van der Waals surface area contributed by atoms with E-state index in [-0.39, 0.29) is 0 Å². The topological polar surface area (TPSA) is 17.1 Å². The molecule has 0 heterocycles. The van der Waals surface area contributed by atoms with Crippen molar-refractivity contribution in [3.8, 4) is 0 Å². The summed E-state index contributed by atoms with van der Waals surface area (Å²) in [4.78, 5) is 11.8. The van der Waals surface area contributed by atoms with Gasteiger partial charge in [0.1, 0.15) is 0 Å². The van der Waals surface area contributed by atoms with Crippen LogP contribution in [0.4, 0.5) is 0 Å². The number of allylic oxidation sites excluding steroid dienone is 3. The van der Waals surface area contributed by atoms with Gasteiger partial charge in [-0.3, -0.25) is 4.79 Å². The van der Waals surface area contributed by atoms with Crippen molar-refractivity contribution in [3.63, 3.8) is 0 Å². The number of carbonyl (C=O) groups is 1. The quantitative estimate of drug-likeness (QED) is 0.646. The first-order chi connectivity index (χ1) is 7.49. The monoisotopic (exact) mass is 220 g/mol. The maximum Gasteiger partial charge on any atom is 0.159 e. The van der Waals surface area contributed by atoms with Gasteiger partial charge in [-0.25, -0.2) is 0 Å². The van der Waals surface area contributed by atoms with Crippen LogP contribution in [0.2, 0.25) is 0 Å². The molecule has 0 aromatic heterocycles. The fraction of sp³-hybridized carbons (Fsp3) is 0.667. The van der Waals surface area contributed by atoms with Gasteiger partial charge in [0.15, 0.2) is 5.78 Å². The zero-order chi connectivity index (χ0) is 12.3. The Morgan fingerprint density at radius 1 is 1.44 bits per heavy atom. The van der Waals surface area contributed by atoms with Gasteiger partial charge >= 0.3 is 0 Å². The molecule has 0 fully saturated rings. The Bertz CT molecular complexity index is 322. The van der Waals surface area contributed by atoms with Crippen LogP contribution in [0.25, 0.3) is 0 Å². The third-order valence-corrected chi connectivity index (χ3v) is 3.96. The Morgan fingerprint density at radius 3 is 2.56 bits per heavy atom.